The number of nitrogens with one attached hydrogen (secondary N) is 2. The zero-order chi connectivity index (χ0) is 20.1. The Balaban J connectivity index is 1.33. The largest absolute Gasteiger partial charge is 0.486 e. The summed E-state index contributed by atoms with van der Waals surface area (Å²) in [7, 11) is 0. The van der Waals surface area contributed by atoms with Gasteiger partial charge in [0.15, 0.2) is 17.2 Å². The Morgan fingerprint density at radius 3 is 2.66 bits per heavy atom. The van der Waals surface area contributed by atoms with Crippen molar-refractivity contribution in [2.24, 2.45) is 0 Å². The molecule has 8 heteroatoms. The SMILES string of the molecule is Cc1c(C(=O)NCCNC2CCCCCC2)nnn1-c1ccc2c(c1)OCCO2. The molecule has 1 fully saturated rings. The van der Waals surface area contributed by atoms with Crippen molar-refractivity contribution in [3.63, 3.8) is 0 Å². The molecular weight excluding hydrogens is 370 g/mol. The summed E-state index contributed by atoms with van der Waals surface area (Å²) in [6, 6.07) is 6.17. The van der Waals surface area contributed by atoms with E-state index >= 15 is 0 Å². The molecule has 156 valence electrons. The Morgan fingerprint density at radius 1 is 1.10 bits per heavy atom. The molecular formula is C21H29N5O3. The second kappa shape index (κ2) is 9.26. The number of benzene rings is 1. The Morgan fingerprint density at radius 2 is 1.86 bits per heavy atom. The number of carbonyl (C=O) groups excluding carboxylic acids is 1. The van der Waals surface area contributed by atoms with E-state index in [1.54, 1.807) is 4.68 Å². The lowest BCUT2D eigenvalue weighted by Gasteiger charge is -2.18. The molecule has 2 heterocycles. The summed E-state index contributed by atoms with van der Waals surface area (Å²) in [5, 5.41) is 14.8. The standard InChI is InChI=1S/C21H29N5O3/c1-15-20(21(27)23-11-10-22-16-6-4-2-3-5-7-16)24-25-26(15)17-8-9-18-19(14-17)29-13-12-28-18/h8-9,14,16,22H,2-7,10-13H2,1H3,(H,23,27). The number of ether oxygens (including phenoxy) is 2. The molecule has 2 aromatic rings. The molecule has 2 aliphatic rings. The number of rotatable bonds is 6. The average molecular weight is 399 g/mol. The molecule has 1 aromatic carbocycles. The first-order valence-corrected chi connectivity index (χ1v) is 10.6. The second-order valence-corrected chi connectivity index (χ2v) is 7.66. The molecule has 1 aliphatic heterocycles. The molecule has 0 atom stereocenters. The Bertz CT molecular complexity index is 843. The van der Waals surface area contributed by atoms with Crippen LogP contribution in [0.25, 0.3) is 5.69 Å². The van der Waals surface area contributed by atoms with Gasteiger partial charge in [-0.25, -0.2) is 4.68 Å². The van der Waals surface area contributed by atoms with Crippen molar-refractivity contribution in [1.82, 2.24) is 25.6 Å². The molecule has 1 saturated carbocycles. The fourth-order valence-electron chi connectivity index (χ4n) is 3.97. The van der Waals surface area contributed by atoms with Crippen LogP contribution in [0, 0.1) is 6.92 Å². The molecule has 4 rings (SSSR count). The summed E-state index contributed by atoms with van der Waals surface area (Å²) in [6.45, 7) is 4.26. The van der Waals surface area contributed by atoms with E-state index in [-0.39, 0.29) is 5.91 Å². The monoisotopic (exact) mass is 399 g/mol. The highest BCUT2D eigenvalue weighted by Gasteiger charge is 2.19. The quantitative estimate of drug-likeness (QED) is 0.573. The van der Waals surface area contributed by atoms with Crippen LogP contribution in [0.1, 0.15) is 54.7 Å². The van der Waals surface area contributed by atoms with Crippen molar-refractivity contribution in [2.45, 2.75) is 51.5 Å². The van der Waals surface area contributed by atoms with Crippen molar-refractivity contribution in [3.8, 4) is 17.2 Å². The van der Waals surface area contributed by atoms with Gasteiger partial charge in [0.2, 0.25) is 0 Å². The normalized spacial score (nSPS) is 17.0. The van der Waals surface area contributed by atoms with Gasteiger partial charge >= 0.3 is 0 Å². The number of hydrogen-bond acceptors (Lipinski definition) is 6. The number of nitrogens with zero attached hydrogens (tertiary/aromatic N) is 3. The number of fused-ring (bicyclic) bond motifs is 1. The summed E-state index contributed by atoms with van der Waals surface area (Å²) < 4.78 is 12.8. The first-order valence-electron chi connectivity index (χ1n) is 10.6. The maximum Gasteiger partial charge on any atom is 0.273 e. The van der Waals surface area contributed by atoms with Crippen LogP contribution < -0.4 is 20.1 Å². The van der Waals surface area contributed by atoms with Crippen molar-refractivity contribution >= 4 is 5.91 Å². The number of carbonyl (C=O) groups is 1. The van der Waals surface area contributed by atoms with Gasteiger partial charge in [-0.1, -0.05) is 30.9 Å². The van der Waals surface area contributed by atoms with Crippen LogP contribution in [0.5, 0.6) is 11.5 Å². The lowest BCUT2D eigenvalue weighted by molar-refractivity contribution is 0.0947. The number of hydrogen-bond donors (Lipinski definition) is 2. The minimum absolute atomic E-state index is 0.200. The third-order valence-corrected chi connectivity index (χ3v) is 5.58. The smallest absolute Gasteiger partial charge is 0.273 e. The maximum absolute atomic E-state index is 12.5. The highest BCUT2D eigenvalue weighted by Crippen LogP contribution is 2.32. The highest BCUT2D eigenvalue weighted by atomic mass is 16.6. The van der Waals surface area contributed by atoms with Gasteiger partial charge in [-0.05, 0) is 31.9 Å². The van der Waals surface area contributed by atoms with Crippen LogP contribution >= 0.6 is 0 Å². The molecule has 0 spiro atoms. The van der Waals surface area contributed by atoms with E-state index in [0.717, 1.165) is 18.0 Å². The maximum atomic E-state index is 12.5. The van der Waals surface area contributed by atoms with Crippen molar-refractivity contribution in [1.29, 1.82) is 0 Å². The summed E-state index contributed by atoms with van der Waals surface area (Å²) in [6.07, 6.45) is 7.74. The molecule has 0 radical (unpaired) electrons. The van der Waals surface area contributed by atoms with E-state index in [4.69, 9.17) is 9.47 Å². The van der Waals surface area contributed by atoms with E-state index in [1.807, 2.05) is 25.1 Å². The lowest BCUT2D eigenvalue weighted by atomic mass is 10.1. The zero-order valence-corrected chi connectivity index (χ0v) is 16.9. The Kier molecular flexibility index (Phi) is 6.29. The molecule has 2 N–H and O–H groups in total. The number of amides is 1. The van der Waals surface area contributed by atoms with Gasteiger partial charge in [-0.3, -0.25) is 4.79 Å². The fraction of sp³-hybridized carbons (Fsp3) is 0.571. The van der Waals surface area contributed by atoms with Gasteiger partial charge in [-0.15, -0.1) is 5.10 Å². The van der Waals surface area contributed by atoms with E-state index < -0.39 is 0 Å². The molecule has 0 saturated heterocycles. The van der Waals surface area contributed by atoms with Crippen LogP contribution in [0.3, 0.4) is 0 Å². The second-order valence-electron chi connectivity index (χ2n) is 7.66. The van der Waals surface area contributed by atoms with Gasteiger partial charge in [0.25, 0.3) is 5.91 Å². The Labute approximate surface area is 171 Å². The molecule has 1 amide bonds. The van der Waals surface area contributed by atoms with Gasteiger partial charge in [0, 0.05) is 25.2 Å². The fourth-order valence-corrected chi connectivity index (χ4v) is 3.97. The van der Waals surface area contributed by atoms with Crippen LogP contribution in [0.4, 0.5) is 0 Å². The molecule has 8 nitrogen and oxygen atoms in total. The molecule has 0 bridgehead atoms. The van der Waals surface area contributed by atoms with Crippen molar-refractivity contribution in [3.05, 3.63) is 29.6 Å². The molecule has 29 heavy (non-hydrogen) atoms. The highest BCUT2D eigenvalue weighted by molar-refractivity contribution is 5.93. The minimum Gasteiger partial charge on any atom is -0.486 e. The predicted molar refractivity (Wildman–Crippen MR) is 109 cm³/mol. The van der Waals surface area contributed by atoms with Gasteiger partial charge in [0.05, 0.1) is 11.4 Å². The van der Waals surface area contributed by atoms with Gasteiger partial charge in [0.1, 0.15) is 13.2 Å². The lowest BCUT2D eigenvalue weighted by Crippen LogP contribution is -2.37. The van der Waals surface area contributed by atoms with E-state index in [0.29, 0.717) is 42.9 Å². The van der Waals surface area contributed by atoms with E-state index in [1.165, 1.54) is 38.5 Å². The summed E-state index contributed by atoms with van der Waals surface area (Å²) in [5.41, 5.74) is 1.82. The summed E-state index contributed by atoms with van der Waals surface area (Å²) in [4.78, 5) is 12.5. The first-order chi connectivity index (χ1) is 14.2. The van der Waals surface area contributed by atoms with Gasteiger partial charge in [-0.2, -0.15) is 0 Å². The summed E-state index contributed by atoms with van der Waals surface area (Å²) >= 11 is 0. The topological polar surface area (TPSA) is 90.3 Å². The minimum atomic E-state index is -0.200. The number of aromatic nitrogens is 3. The Hall–Kier alpha value is -2.61. The third kappa shape index (κ3) is 4.70. The van der Waals surface area contributed by atoms with Crippen molar-refractivity contribution in [2.75, 3.05) is 26.3 Å². The predicted octanol–water partition coefficient (Wildman–Crippen LogP) is 2.39. The molecule has 1 aromatic heterocycles. The molecule has 1 aliphatic carbocycles. The van der Waals surface area contributed by atoms with Crippen LogP contribution in [0.2, 0.25) is 0 Å². The van der Waals surface area contributed by atoms with E-state index in [9.17, 15) is 4.79 Å². The average Bonchev–Trinajstić information content (AvgIpc) is 2.95. The zero-order valence-electron chi connectivity index (χ0n) is 16.9. The first kappa shape index (κ1) is 19.7. The molecule has 0 unspecified atom stereocenters. The van der Waals surface area contributed by atoms with Crippen LogP contribution in [-0.2, 0) is 0 Å². The van der Waals surface area contributed by atoms with Crippen LogP contribution in [-0.4, -0.2) is 53.2 Å². The van der Waals surface area contributed by atoms with E-state index in [2.05, 4.69) is 20.9 Å². The van der Waals surface area contributed by atoms with Crippen molar-refractivity contribution < 1.29 is 14.3 Å². The summed E-state index contributed by atoms with van der Waals surface area (Å²) in [5.74, 6) is 1.20. The third-order valence-electron chi connectivity index (χ3n) is 5.58. The van der Waals surface area contributed by atoms with Crippen LogP contribution in [0.15, 0.2) is 18.2 Å². The van der Waals surface area contributed by atoms with Gasteiger partial charge < -0.3 is 20.1 Å².